The van der Waals surface area contributed by atoms with Crippen molar-refractivity contribution in [2.75, 3.05) is 26.2 Å². The topological polar surface area (TPSA) is 66.6 Å². The molecule has 2 N–H and O–H groups in total. The second kappa shape index (κ2) is 5.49. The molecule has 1 fully saturated rings. The Kier molecular flexibility index (Phi) is 4.14. The molecule has 0 spiro atoms. The van der Waals surface area contributed by atoms with E-state index in [0.717, 1.165) is 6.07 Å². The molecule has 1 aromatic rings. The largest absolute Gasteiger partial charge is 0.296 e. The van der Waals surface area contributed by atoms with Crippen molar-refractivity contribution < 1.29 is 17.2 Å². The van der Waals surface area contributed by atoms with Crippen LogP contribution >= 0.6 is 0 Å². The molecule has 0 bridgehead atoms. The molecule has 0 radical (unpaired) electrons. The van der Waals surface area contributed by atoms with Gasteiger partial charge in [0.15, 0.2) is 11.6 Å². The third kappa shape index (κ3) is 3.47. The summed E-state index contributed by atoms with van der Waals surface area (Å²) in [5, 5.41) is 5.02. The molecule has 1 aliphatic rings. The fourth-order valence-electron chi connectivity index (χ4n) is 2.05. The lowest BCUT2D eigenvalue weighted by atomic mass is 10.2. The number of hydrogen-bond acceptors (Lipinski definition) is 3. The van der Waals surface area contributed by atoms with Crippen molar-refractivity contribution in [3.05, 3.63) is 35.4 Å². The van der Waals surface area contributed by atoms with E-state index >= 15 is 0 Å². The van der Waals surface area contributed by atoms with E-state index in [1.165, 1.54) is 16.4 Å². The molecule has 1 saturated heterocycles. The Bertz CT molecular complexity index is 557. The Balaban J connectivity index is 1.98. The molecule has 106 valence electrons. The Labute approximate surface area is 110 Å². The predicted molar refractivity (Wildman–Crippen MR) is 66.3 cm³/mol. The zero-order chi connectivity index (χ0) is 14.0. The number of nitrogens with two attached hydrogens (primary N) is 1. The third-order valence-corrected chi connectivity index (χ3v) is 4.20. The molecule has 0 aromatic heterocycles. The maximum Gasteiger partial charge on any atom is 0.276 e. The van der Waals surface area contributed by atoms with Crippen LogP contribution in [-0.2, 0) is 16.8 Å². The molecule has 0 aliphatic carbocycles. The molecule has 1 heterocycles. The highest BCUT2D eigenvalue weighted by Crippen LogP contribution is 2.15. The van der Waals surface area contributed by atoms with Crippen LogP contribution in [0.25, 0.3) is 0 Å². The predicted octanol–water partition coefficient (Wildman–Crippen LogP) is 0.286. The molecular formula is C11H15F2N3O2S. The molecule has 19 heavy (non-hydrogen) atoms. The zero-order valence-electron chi connectivity index (χ0n) is 10.2. The first kappa shape index (κ1) is 14.3. The van der Waals surface area contributed by atoms with Gasteiger partial charge in [-0.3, -0.25) is 4.90 Å². The summed E-state index contributed by atoms with van der Waals surface area (Å²) >= 11 is 0. The van der Waals surface area contributed by atoms with Crippen LogP contribution in [0.15, 0.2) is 18.2 Å². The van der Waals surface area contributed by atoms with Crippen LogP contribution in [0, 0.1) is 11.6 Å². The first-order valence-electron chi connectivity index (χ1n) is 5.81. The summed E-state index contributed by atoms with van der Waals surface area (Å²) in [5.74, 6) is -1.72. The van der Waals surface area contributed by atoms with E-state index in [4.69, 9.17) is 5.14 Å². The van der Waals surface area contributed by atoms with Crippen molar-refractivity contribution >= 4 is 10.2 Å². The molecule has 5 nitrogen and oxygen atoms in total. The van der Waals surface area contributed by atoms with Crippen molar-refractivity contribution in [3.8, 4) is 0 Å². The number of halogens is 2. The summed E-state index contributed by atoms with van der Waals surface area (Å²) in [4.78, 5) is 1.86. The summed E-state index contributed by atoms with van der Waals surface area (Å²) < 4.78 is 50.0. The number of benzene rings is 1. The van der Waals surface area contributed by atoms with E-state index in [1.807, 2.05) is 4.90 Å². The Hall–Kier alpha value is -1.09. The van der Waals surface area contributed by atoms with Crippen molar-refractivity contribution in [1.29, 1.82) is 0 Å². The molecule has 1 aromatic carbocycles. The van der Waals surface area contributed by atoms with Crippen LogP contribution < -0.4 is 5.14 Å². The first-order chi connectivity index (χ1) is 8.88. The van der Waals surface area contributed by atoms with Gasteiger partial charge in [-0.15, -0.1) is 0 Å². The van der Waals surface area contributed by atoms with Gasteiger partial charge >= 0.3 is 0 Å². The van der Waals surface area contributed by atoms with Crippen molar-refractivity contribution in [1.82, 2.24) is 9.21 Å². The van der Waals surface area contributed by atoms with E-state index in [9.17, 15) is 17.2 Å². The highest BCUT2D eigenvalue weighted by molar-refractivity contribution is 7.86. The van der Waals surface area contributed by atoms with Crippen LogP contribution in [-0.4, -0.2) is 43.8 Å². The number of piperazine rings is 1. The Morgan fingerprint density at radius 1 is 1.16 bits per heavy atom. The van der Waals surface area contributed by atoms with Crippen LogP contribution in [0.5, 0.6) is 0 Å². The molecule has 0 atom stereocenters. The van der Waals surface area contributed by atoms with Gasteiger partial charge in [-0.1, -0.05) is 12.1 Å². The third-order valence-electron chi connectivity index (χ3n) is 3.12. The molecule has 1 aliphatic heterocycles. The number of hydrogen-bond donors (Lipinski definition) is 1. The quantitative estimate of drug-likeness (QED) is 0.870. The fourth-order valence-corrected chi connectivity index (χ4v) is 2.73. The minimum Gasteiger partial charge on any atom is -0.296 e. The van der Waals surface area contributed by atoms with Gasteiger partial charge in [0.05, 0.1) is 0 Å². The van der Waals surface area contributed by atoms with Crippen LogP contribution in [0.1, 0.15) is 5.56 Å². The van der Waals surface area contributed by atoms with E-state index in [0.29, 0.717) is 13.1 Å². The SMILES string of the molecule is NS(=O)(=O)N1CCN(Cc2cccc(F)c2F)CC1. The molecular weight excluding hydrogens is 276 g/mol. The maximum atomic E-state index is 13.5. The summed E-state index contributed by atoms with van der Waals surface area (Å²) in [7, 11) is -3.66. The van der Waals surface area contributed by atoms with Crippen LogP contribution in [0.4, 0.5) is 8.78 Å². The lowest BCUT2D eigenvalue weighted by molar-refractivity contribution is 0.179. The van der Waals surface area contributed by atoms with Crippen molar-refractivity contribution in [3.63, 3.8) is 0 Å². The molecule has 2 rings (SSSR count). The lowest BCUT2D eigenvalue weighted by Crippen LogP contribution is -2.50. The van der Waals surface area contributed by atoms with E-state index < -0.39 is 21.8 Å². The van der Waals surface area contributed by atoms with Gasteiger partial charge in [0.25, 0.3) is 10.2 Å². The van der Waals surface area contributed by atoms with Gasteiger partial charge in [-0.05, 0) is 6.07 Å². The van der Waals surface area contributed by atoms with Crippen LogP contribution in [0.2, 0.25) is 0 Å². The second-order valence-electron chi connectivity index (χ2n) is 4.43. The van der Waals surface area contributed by atoms with Gasteiger partial charge in [-0.2, -0.15) is 12.7 Å². The van der Waals surface area contributed by atoms with Crippen LogP contribution in [0.3, 0.4) is 0 Å². The van der Waals surface area contributed by atoms with Gasteiger partial charge in [0.2, 0.25) is 0 Å². The van der Waals surface area contributed by atoms with Gasteiger partial charge in [-0.25, -0.2) is 13.9 Å². The Morgan fingerprint density at radius 3 is 2.37 bits per heavy atom. The molecule has 0 unspecified atom stereocenters. The monoisotopic (exact) mass is 291 g/mol. The average Bonchev–Trinajstić information content (AvgIpc) is 2.35. The minimum absolute atomic E-state index is 0.252. The minimum atomic E-state index is -3.66. The highest BCUT2D eigenvalue weighted by Gasteiger charge is 2.24. The van der Waals surface area contributed by atoms with Crippen molar-refractivity contribution in [2.24, 2.45) is 5.14 Å². The average molecular weight is 291 g/mol. The van der Waals surface area contributed by atoms with E-state index in [-0.39, 0.29) is 25.2 Å². The highest BCUT2D eigenvalue weighted by atomic mass is 32.2. The normalized spacial score (nSPS) is 18.7. The zero-order valence-corrected chi connectivity index (χ0v) is 11.0. The van der Waals surface area contributed by atoms with Crippen molar-refractivity contribution in [2.45, 2.75) is 6.54 Å². The lowest BCUT2D eigenvalue weighted by Gasteiger charge is -2.32. The summed E-state index contributed by atoms with van der Waals surface area (Å²) in [5.41, 5.74) is 0.268. The van der Waals surface area contributed by atoms with Gasteiger partial charge in [0.1, 0.15) is 0 Å². The Morgan fingerprint density at radius 2 is 1.79 bits per heavy atom. The standard InChI is InChI=1S/C11H15F2N3O2S/c12-10-3-1-2-9(11(10)13)8-15-4-6-16(7-5-15)19(14,17)18/h1-3H,4-8H2,(H2,14,17,18). The molecule has 0 saturated carbocycles. The fraction of sp³-hybridized carbons (Fsp3) is 0.455. The van der Waals surface area contributed by atoms with E-state index in [1.54, 1.807) is 0 Å². The first-order valence-corrected chi connectivity index (χ1v) is 7.31. The van der Waals surface area contributed by atoms with E-state index in [2.05, 4.69) is 0 Å². The second-order valence-corrected chi connectivity index (χ2v) is 5.98. The summed E-state index contributed by atoms with van der Waals surface area (Å²) in [6.07, 6.45) is 0. The molecule has 0 amide bonds. The number of nitrogens with zero attached hydrogens (tertiary/aromatic N) is 2. The summed E-state index contributed by atoms with van der Waals surface area (Å²) in [6, 6.07) is 4.04. The maximum absolute atomic E-state index is 13.5. The molecule has 8 heteroatoms. The smallest absolute Gasteiger partial charge is 0.276 e. The van der Waals surface area contributed by atoms with Gasteiger partial charge < -0.3 is 0 Å². The number of rotatable bonds is 3. The van der Waals surface area contributed by atoms with Gasteiger partial charge in [0, 0.05) is 38.3 Å². The summed E-state index contributed by atoms with van der Waals surface area (Å²) in [6.45, 7) is 1.65.